The number of rotatable bonds is 3. The molecule has 2 N–H and O–H groups in total. The number of hydrogen-bond donors (Lipinski definition) is 2. The molecule has 0 saturated carbocycles. The van der Waals surface area contributed by atoms with Gasteiger partial charge in [-0.25, -0.2) is 0 Å². The van der Waals surface area contributed by atoms with Crippen LogP contribution in [0.25, 0.3) is 0 Å². The van der Waals surface area contributed by atoms with Crippen LogP contribution in [0.15, 0.2) is 0 Å². The Balaban J connectivity index is 2.23. The van der Waals surface area contributed by atoms with Gasteiger partial charge in [-0.3, -0.25) is 9.69 Å². The van der Waals surface area contributed by atoms with Gasteiger partial charge in [0.25, 0.3) is 0 Å². The van der Waals surface area contributed by atoms with Crippen LogP contribution in [-0.4, -0.2) is 46.3 Å². The Morgan fingerprint density at radius 1 is 1.64 bits per heavy atom. The summed E-state index contributed by atoms with van der Waals surface area (Å²) in [7, 11) is 0. The van der Waals surface area contributed by atoms with Crippen molar-refractivity contribution < 1.29 is 15.0 Å². The molecule has 0 aliphatic carbocycles. The van der Waals surface area contributed by atoms with E-state index in [2.05, 4.69) is 0 Å². The van der Waals surface area contributed by atoms with Crippen LogP contribution in [0.2, 0.25) is 0 Å². The van der Waals surface area contributed by atoms with Gasteiger partial charge in [0.2, 0.25) is 0 Å². The molecule has 1 heterocycles. The molecule has 11 heavy (non-hydrogen) atoms. The number of nitrogens with zero attached hydrogens (tertiary/aromatic N) is 1. The topological polar surface area (TPSA) is 60.8 Å². The van der Waals surface area contributed by atoms with Crippen molar-refractivity contribution in [2.45, 2.75) is 18.9 Å². The molecule has 0 atom stereocenters. The minimum atomic E-state index is -0.830. The first-order valence-electron chi connectivity index (χ1n) is 3.72. The molecule has 0 aromatic heterocycles. The van der Waals surface area contributed by atoms with Crippen LogP contribution in [-0.2, 0) is 4.79 Å². The quantitative estimate of drug-likeness (QED) is 0.584. The molecule has 1 saturated heterocycles. The highest BCUT2D eigenvalue weighted by molar-refractivity contribution is 5.69. The molecule has 1 fully saturated rings. The first-order valence-corrected chi connectivity index (χ1v) is 3.72. The van der Waals surface area contributed by atoms with E-state index in [4.69, 9.17) is 5.11 Å². The van der Waals surface area contributed by atoms with Gasteiger partial charge in [0.05, 0.1) is 12.1 Å². The van der Waals surface area contributed by atoms with Gasteiger partial charge in [-0.15, -0.1) is 0 Å². The van der Waals surface area contributed by atoms with E-state index in [1.807, 2.05) is 6.92 Å². The third kappa shape index (κ3) is 1.91. The molecule has 4 nitrogen and oxygen atoms in total. The minimum absolute atomic E-state index is 0.0440. The van der Waals surface area contributed by atoms with Gasteiger partial charge < -0.3 is 10.2 Å². The average Bonchev–Trinajstić information content (AvgIpc) is 1.83. The Morgan fingerprint density at radius 2 is 2.18 bits per heavy atom. The number of aliphatic hydroxyl groups is 1. The van der Waals surface area contributed by atoms with Crippen molar-refractivity contribution in [3.63, 3.8) is 0 Å². The van der Waals surface area contributed by atoms with Crippen molar-refractivity contribution in [3.05, 3.63) is 0 Å². The number of aliphatic carboxylic acids is 1. The fourth-order valence-electron chi connectivity index (χ4n) is 1.31. The largest absolute Gasteiger partial charge is 0.480 e. The summed E-state index contributed by atoms with van der Waals surface area (Å²) in [5.74, 6) is -0.830. The smallest absolute Gasteiger partial charge is 0.317 e. The molecule has 1 aliphatic heterocycles. The third-order valence-electron chi connectivity index (χ3n) is 2.05. The molecule has 0 spiro atoms. The SMILES string of the molecule is CCC1(O)CN(CC(=O)O)C1. The number of carboxylic acid groups (broad SMARTS) is 1. The fraction of sp³-hybridized carbons (Fsp3) is 0.857. The average molecular weight is 159 g/mol. The number of carbonyl (C=O) groups is 1. The second-order valence-electron chi connectivity index (χ2n) is 3.12. The molecule has 4 heteroatoms. The Labute approximate surface area is 65.4 Å². The molecule has 64 valence electrons. The molecule has 1 aliphatic rings. The van der Waals surface area contributed by atoms with Crippen molar-refractivity contribution in [1.82, 2.24) is 4.90 Å². The summed E-state index contributed by atoms with van der Waals surface area (Å²) < 4.78 is 0. The summed E-state index contributed by atoms with van der Waals surface area (Å²) in [6, 6.07) is 0. The molecule has 0 radical (unpaired) electrons. The van der Waals surface area contributed by atoms with Crippen LogP contribution in [0.1, 0.15) is 13.3 Å². The lowest BCUT2D eigenvalue weighted by Gasteiger charge is -2.45. The zero-order chi connectivity index (χ0) is 8.48. The number of β-amino-alcohol motifs (C(OH)–C–C–N with tert-alkyl or cyclic N) is 1. The lowest BCUT2D eigenvalue weighted by molar-refractivity contribution is -0.147. The maximum absolute atomic E-state index is 10.2. The molecule has 0 amide bonds. The van der Waals surface area contributed by atoms with Crippen LogP contribution < -0.4 is 0 Å². The van der Waals surface area contributed by atoms with Gasteiger partial charge in [-0.05, 0) is 6.42 Å². The highest BCUT2D eigenvalue weighted by atomic mass is 16.4. The van der Waals surface area contributed by atoms with E-state index in [9.17, 15) is 9.90 Å². The number of hydrogen-bond acceptors (Lipinski definition) is 3. The van der Waals surface area contributed by atoms with Crippen molar-refractivity contribution in [2.75, 3.05) is 19.6 Å². The summed E-state index contributed by atoms with van der Waals surface area (Å²) >= 11 is 0. The first kappa shape index (κ1) is 8.49. The summed E-state index contributed by atoms with van der Waals surface area (Å²) in [5.41, 5.74) is -0.616. The summed E-state index contributed by atoms with van der Waals surface area (Å²) in [4.78, 5) is 11.9. The van der Waals surface area contributed by atoms with E-state index in [-0.39, 0.29) is 6.54 Å². The molecule has 0 aromatic rings. The Hall–Kier alpha value is -0.610. The maximum atomic E-state index is 10.2. The molecule has 1 rings (SSSR count). The van der Waals surface area contributed by atoms with Crippen molar-refractivity contribution in [1.29, 1.82) is 0 Å². The van der Waals surface area contributed by atoms with Crippen LogP contribution >= 0.6 is 0 Å². The van der Waals surface area contributed by atoms with Gasteiger partial charge >= 0.3 is 5.97 Å². The normalized spacial score (nSPS) is 22.7. The van der Waals surface area contributed by atoms with Crippen LogP contribution in [0.5, 0.6) is 0 Å². The summed E-state index contributed by atoms with van der Waals surface area (Å²) in [5, 5.41) is 17.8. The van der Waals surface area contributed by atoms with Crippen molar-refractivity contribution in [3.8, 4) is 0 Å². The van der Waals surface area contributed by atoms with Gasteiger partial charge in [0, 0.05) is 13.1 Å². The lowest BCUT2D eigenvalue weighted by Crippen LogP contribution is -2.62. The third-order valence-corrected chi connectivity index (χ3v) is 2.05. The molecule has 0 aromatic carbocycles. The Bertz CT molecular complexity index is 163. The Morgan fingerprint density at radius 3 is 2.55 bits per heavy atom. The standard InChI is InChI=1S/C7H13NO3/c1-2-7(11)4-8(5-7)3-6(9)10/h11H,2-5H2,1H3,(H,9,10). The van der Waals surface area contributed by atoms with Crippen molar-refractivity contribution >= 4 is 5.97 Å². The zero-order valence-corrected chi connectivity index (χ0v) is 6.58. The van der Waals surface area contributed by atoms with Gasteiger partial charge in [0.15, 0.2) is 0 Å². The molecule has 0 unspecified atom stereocenters. The van der Waals surface area contributed by atoms with E-state index >= 15 is 0 Å². The van der Waals surface area contributed by atoms with Gasteiger partial charge in [-0.1, -0.05) is 6.92 Å². The van der Waals surface area contributed by atoms with Crippen molar-refractivity contribution in [2.24, 2.45) is 0 Å². The number of likely N-dealkylation sites (tertiary alicyclic amines) is 1. The second kappa shape index (κ2) is 2.79. The van der Waals surface area contributed by atoms with E-state index in [1.54, 1.807) is 4.90 Å². The monoisotopic (exact) mass is 159 g/mol. The maximum Gasteiger partial charge on any atom is 0.317 e. The predicted molar refractivity (Wildman–Crippen MR) is 39.3 cm³/mol. The summed E-state index contributed by atoms with van der Waals surface area (Å²) in [6.07, 6.45) is 0.698. The first-order chi connectivity index (χ1) is 5.06. The van der Waals surface area contributed by atoms with Crippen LogP contribution in [0, 0.1) is 0 Å². The van der Waals surface area contributed by atoms with Gasteiger partial charge in [-0.2, -0.15) is 0 Å². The zero-order valence-electron chi connectivity index (χ0n) is 6.58. The van der Waals surface area contributed by atoms with Crippen LogP contribution in [0.3, 0.4) is 0 Å². The molecular formula is C7H13NO3. The fourth-order valence-corrected chi connectivity index (χ4v) is 1.31. The van der Waals surface area contributed by atoms with E-state index in [0.717, 1.165) is 0 Å². The summed E-state index contributed by atoms with van der Waals surface area (Å²) in [6.45, 7) is 2.94. The van der Waals surface area contributed by atoms with E-state index in [1.165, 1.54) is 0 Å². The van der Waals surface area contributed by atoms with E-state index < -0.39 is 11.6 Å². The van der Waals surface area contributed by atoms with Crippen LogP contribution in [0.4, 0.5) is 0 Å². The second-order valence-corrected chi connectivity index (χ2v) is 3.12. The number of carboxylic acids is 1. The van der Waals surface area contributed by atoms with Gasteiger partial charge in [0.1, 0.15) is 0 Å². The molecule has 0 bridgehead atoms. The highest BCUT2D eigenvalue weighted by Crippen LogP contribution is 2.22. The molecular weight excluding hydrogens is 146 g/mol. The Kier molecular flexibility index (Phi) is 2.15. The predicted octanol–water partition coefficient (Wildman–Crippen LogP) is -0.472. The van der Waals surface area contributed by atoms with E-state index in [0.29, 0.717) is 19.5 Å². The highest BCUT2D eigenvalue weighted by Gasteiger charge is 2.39. The lowest BCUT2D eigenvalue weighted by atomic mass is 9.91. The minimum Gasteiger partial charge on any atom is -0.480 e.